The summed E-state index contributed by atoms with van der Waals surface area (Å²) in [4.78, 5) is 0. The van der Waals surface area contributed by atoms with E-state index < -0.39 is 0 Å². The van der Waals surface area contributed by atoms with E-state index in [9.17, 15) is 0 Å². The van der Waals surface area contributed by atoms with Crippen LogP contribution in [0.4, 0.5) is 0 Å². The molecule has 2 rings (SSSR count). The Bertz CT molecular complexity index is 264. The number of hydrogen-bond acceptors (Lipinski definition) is 1. The third-order valence-corrected chi connectivity index (χ3v) is 2.27. The zero-order valence-corrected chi connectivity index (χ0v) is 7.03. The summed E-state index contributed by atoms with van der Waals surface area (Å²) in [5.41, 5.74) is 1.43. The number of nitrogens with one attached hydrogen (secondary N) is 1. The lowest BCUT2D eigenvalue weighted by atomic mass is 9.94. The highest BCUT2D eigenvalue weighted by Crippen LogP contribution is 2.21. The van der Waals surface area contributed by atoms with Gasteiger partial charge in [0.2, 0.25) is 0 Å². The molecule has 0 aliphatic carbocycles. The molecule has 62 valence electrons. The molecule has 1 nitrogen and oxygen atoms in total. The first-order valence-electron chi connectivity index (χ1n) is 4.42. The van der Waals surface area contributed by atoms with Crippen LogP contribution in [-0.4, -0.2) is 6.54 Å². The summed E-state index contributed by atoms with van der Waals surface area (Å²) in [6.45, 7) is 1.09. The molecule has 1 aliphatic rings. The topological polar surface area (TPSA) is 12.0 Å². The SMILES string of the molecule is C1=C[C@@H](c2ccccc2)CCN1. The summed E-state index contributed by atoms with van der Waals surface area (Å²) in [5.74, 6) is 0.618. The third-order valence-electron chi connectivity index (χ3n) is 2.27. The predicted octanol–water partition coefficient (Wildman–Crippen LogP) is 2.28. The molecule has 1 N–H and O–H groups in total. The summed E-state index contributed by atoms with van der Waals surface area (Å²) in [6, 6.07) is 10.7. The molecule has 1 aromatic carbocycles. The fourth-order valence-corrected chi connectivity index (χ4v) is 1.58. The minimum atomic E-state index is 0.618. The van der Waals surface area contributed by atoms with Gasteiger partial charge in [-0.15, -0.1) is 0 Å². The molecule has 1 aromatic rings. The molecular weight excluding hydrogens is 146 g/mol. The first-order chi connectivity index (χ1) is 5.97. The molecule has 0 unspecified atom stereocenters. The van der Waals surface area contributed by atoms with E-state index in [4.69, 9.17) is 0 Å². The maximum absolute atomic E-state index is 3.20. The van der Waals surface area contributed by atoms with Gasteiger partial charge in [-0.25, -0.2) is 0 Å². The second-order valence-corrected chi connectivity index (χ2v) is 3.12. The van der Waals surface area contributed by atoms with Crippen molar-refractivity contribution in [2.24, 2.45) is 0 Å². The molecule has 0 saturated heterocycles. The van der Waals surface area contributed by atoms with E-state index in [1.165, 1.54) is 12.0 Å². The zero-order chi connectivity index (χ0) is 8.23. The van der Waals surface area contributed by atoms with Crippen molar-refractivity contribution in [2.75, 3.05) is 6.54 Å². The largest absolute Gasteiger partial charge is 0.391 e. The minimum absolute atomic E-state index is 0.618. The molecule has 12 heavy (non-hydrogen) atoms. The monoisotopic (exact) mass is 159 g/mol. The highest BCUT2D eigenvalue weighted by atomic mass is 14.8. The highest BCUT2D eigenvalue weighted by Gasteiger charge is 2.08. The zero-order valence-electron chi connectivity index (χ0n) is 7.03. The molecule has 0 spiro atoms. The summed E-state index contributed by atoms with van der Waals surface area (Å²) in [7, 11) is 0. The molecule has 0 fully saturated rings. The van der Waals surface area contributed by atoms with E-state index in [-0.39, 0.29) is 0 Å². The van der Waals surface area contributed by atoms with E-state index >= 15 is 0 Å². The van der Waals surface area contributed by atoms with E-state index in [0.717, 1.165) is 6.54 Å². The Kier molecular flexibility index (Phi) is 2.12. The normalized spacial score (nSPS) is 21.8. The summed E-state index contributed by atoms with van der Waals surface area (Å²) in [6.07, 6.45) is 5.50. The number of hydrogen-bond donors (Lipinski definition) is 1. The standard InChI is InChI=1S/C11H13N/c1-2-4-10(5-3-1)11-6-8-12-9-7-11/h1-6,8,11-12H,7,9H2/t11-/m1/s1. The molecule has 0 saturated carbocycles. The van der Waals surface area contributed by atoms with Crippen molar-refractivity contribution >= 4 is 0 Å². The van der Waals surface area contributed by atoms with Gasteiger partial charge in [0.15, 0.2) is 0 Å². The summed E-state index contributed by atoms with van der Waals surface area (Å²) < 4.78 is 0. The Morgan fingerprint density at radius 2 is 2.00 bits per heavy atom. The van der Waals surface area contributed by atoms with Gasteiger partial charge in [0.05, 0.1) is 0 Å². The van der Waals surface area contributed by atoms with Crippen LogP contribution in [0.1, 0.15) is 17.9 Å². The first-order valence-corrected chi connectivity index (χ1v) is 4.42. The maximum atomic E-state index is 3.20. The predicted molar refractivity (Wildman–Crippen MR) is 50.9 cm³/mol. The third kappa shape index (κ3) is 1.50. The van der Waals surface area contributed by atoms with Gasteiger partial charge in [0.1, 0.15) is 0 Å². The first kappa shape index (κ1) is 7.41. The van der Waals surface area contributed by atoms with Gasteiger partial charge in [0, 0.05) is 12.5 Å². The van der Waals surface area contributed by atoms with Crippen LogP contribution in [-0.2, 0) is 0 Å². The van der Waals surface area contributed by atoms with Crippen LogP contribution in [0, 0.1) is 0 Å². The van der Waals surface area contributed by atoms with Crippen molar-refractivity contribution in [1.29, 1.82) is 0 Å². The van der Waals surface area contributed by atoms with E-state index in [0.29, 0.717) is 5.92 Å². The average molecular weight is 159 g/mol. The Hall–Kier alpha value is -1.24. The van der Waals surface area contributed by atoms with Gasteiger partial charge >= 0.3 is 0 Å². The average Bonchev–Trinajstić information content (AvgIpc) is 2.21. The van der Waals surface area contributed by atoms with Crippen molar-refractivity contribution in [2.45, 2.75) is 12.3 Å². The van der Waals surface area contributed by atoms with E-state index in [1.54, 1.807) is 0 Å². The highest BCUT2D eigenvalue weighted by molar-refractivity contribution is 5.24. The van der Waals surface area contributed by atoms with Gasteiger partial charge < -0.3 is 5.32 Å². The molecular formula is C11H13N. The molecule has 0 amide bonds. The lowest BCUT2D eigenvalue weighted by Crippen LogP contribution is -2.15. The Morgan fingerprint density at radius 3 is 2.67 bits per heavy atom. The van der Waals surface area contributed by atoms with Crippen LogP contribution < -0.4 is 5.32 Å². The maximum Gasteiger partial charge on any atom is 0.0150 e. The van der Waals surface area contributed by atoms with Crippen molar-refractivity contribution in [3.05, 3.63) is 48.2 Å². The van der Waals surface area contributed by atoms with Gasteiger partial charge in [0.25, 0.3) is 0 Å². The van der Waals surface area contributed by atoms with Crippen molar-refractivity contribution < 1.29 is 0 Å². The Balaban J connectivity index is 2.19. The van der Waals surface area contributed by atoms with Gasteiger partial charge in [-0.05, 0) is 18.2 Å². The fourth-order valence-electron chi connectivity index (χ4n) is 1.58. The van der Waals surface area contributed by atoms with Crippen LogP contribution in [0.5, 0.6) is 0 Å². The van der Waals surface area contributed by atoms with E-state index in [2.05, 4.69) is 47.9 Å². The lowest BCUT2D eigenvalue weighted by molar-refractivity contribution is 0.657. The van der Waals surface area contributed by atoms with E-state index in [1.807, 2.05) is 0 Å². The Morgan fingerprint density at radius 1 is 1.17 bits per heavy atom. The molecule has 0 radical (unpaired) electrons. The lowest BCUT2D eigenvalue weighted by Gasteiger charge is -2.17. The summed E-state index contributed by atoms with van der Waals surface area (Å²) >= 11 is 0. The molecule has 1 aliphatic heterocycles. The second-order valence-electron chi connectivity index (χ2n) is 3.12. The van der Waals surface area contributed by atoms with Gasteiger partial charge in [-0.3, -0.25) is 0 Å². The Labute approximate surface area is 73.1 Å². The smallest absolute Gasteiger partial charge is 0.0150 e. The quantitative estimate of drug-likeness (QED) is 0.663. The molecule has 1 heteroatoms. The van der Waals surface area contributed by atoms with Crippen LogP contribution in [0.15, 0.2) is 42.6 Å². The van der Waals surface area contributed by atoms with Crippen LogP contribution in [0.25, 0.3) is 0 Å². The number of allylic oxidation sites excluding steroid dienone is 1. The number of benzene rings is 1. The molecule has 1 atom stereocenters. The summed E-state index contributed by atoms with van der Waals surface area (Å²) in [5, 5.41) is 3.20. The molecule has 0 aromatic heterocycles. The van der Waals surface area contributed by atoms with Gasteiger partial charge in [-0.1, -0.05) is 36.4 Å². The fraction of sp³-hybridized carbons (Fsp3) is 0.273. The second kappa shape index (κ2) is 3.44. The molecule has 0 bridgehead atoms. The van der Waals surface area contributed by atoms with Crippen LogP contribution in [0.2, 0.25) is 0 Å². The van der Waals surface area contributed by atoms with Crippen molar-refractivity contribution in [3.63, 3.8) is 0 Å². The minimum Gasteiger partial charge on any atom is -0.391 e. The van der Waals surface area contributed by atoms with Crippen LogP contribution >= 0.6 is 0 Å². The van der Waals surface area contributed by atoms with Crippen LogP contribution in [0.3, 0.4) is 0 Å². The number of rotatable bonds is 1. The van der Waals surface area contributed by atoms with Crippen molar-refractivity contribution in [1.82, 2.24) is 5.32 Å². The van der Waals surface area contributed by atoms with Crippen molar-refractivity contribution in [3.8, 4) is 0 Å². The molecule has 1 heterocycles. The van der Waals surface area contributed by atoms with Gasteiger partial charge in [-0.2, -0.15) is 0 Å².